The fraction of sp³-hybridized carbons (Fsp3) is 0.250. The van der Waals surface area contributed by atoms with Crippen molar-refractivity contribution in [1.29, 1.82) is 0 Å². The monoisotopic (exact) mass is 262 g/mol. The Morgan fingerprint density at radius 3 is 2.67 bits per heavy atom. The largest absolute Gasteiger partial charge is 0.338 e. The fourth-order valence-electron chi connectivity index (χ4n) is 1.49. The highest BCUT2D eigenvalue weighted by molar-refractivity contribution is 7.03. The molecule has 0 bridgehead atoms. The number of nitrogens with zero attached hydrogens (tertiary/aromatic N) is 2. The van der Waals surface area contributed by atoms with E-state index in [0.29, 0.717) is 13.1 Å². The summed E-state index contributed by atoms with van der Waals surface area (Å²) in [5, 5.41) is 11.4. The van der Waals surface area contributed by atoms with E-state index in [-0.39, 0.29) is 6.03 Å². The number of carbonyl (C=O) groups is 1. The van der Waals surface area contributed by atoms with Gasteiger partial charge in [0.2, 0.25) is 0 Å². The lowest BCUT2D eigenvalue weighted by molar-refractivity contribution is 0.241. The van der Waals surface area contributed by atoms with Crippen molar-refractivity contribution < 1.29 is 4.79 Å². The third-order valence-corrected chi connectivity index (χ3v) is 2.90. The molecule has 2 rings (SSSR count). The molecule has 18 heavy (non-hydrogen) atoms. The molecule has 1 aromatic carbocycles. The third kappa shape index (κ3) is 3.27. The van der Waals surface area contributed by atoms with Gasteiger partial charge in [-0.1, -0.05) is 28.8 Å². The van der Waals surface area contributed by atoms with Crippen LogP contribution in [0.3, 0.4) is 0 Å². The van der Waals surface area contributed by atoms with Crippen LogP contribution in [0.5, 0.6) is 0 Å². The molecule has 0 fully saturated rings. The minimum absolute atomic E-state index is 0.148. The standard InChI is InChI=1S/C12H14N4OS/c1-2-13-12(17)14-7-9-3-5-10(6-4-9)11-8-18-16-15-11/h3-6,8H,2,7H2,1H3,(H2,13,14,17). The Morgan fingerprint density at radius 1 is 1.28 bits per heavy atom. The Hall–Kier alpha value is -1.95. The summed E-state index contributed by atoms with van der Waals surface area (Å²) in [6, 6.07) is 7.75. The molecule has 1 aromatic heterocycles. The van der Waals surface area contributed by atoms with Crippen molar-refractivity contribution in [1.82, 2.24) is 20.2 Å². The second-order valence-corrected chi connectivity index (χ2v) is 4.31. The van der Waals surface area contributed by atoms with E-state index in [1.165, 1.54) is 11.5 Å². The van der Waals surface area contributed by atoms with Crippen LogP contribution < -0.4 is 10.6 Å². The lowest BCUT2D eigenvalue weighted by Gasteiger charge is -2.06. The van der Waals surface area contributed by atoms with Gasteiger partial charge in [0, 0.05) is 24.0 Å². The minimum atomic E-state index is -0.148. The van der Waals surface area contributed by atoms with Crippen molar-refractivity contribution in [3.63, 3.8) is 0 Å². The van der Waals surface area contributed by atoms with Gasteiger partial charge in [0.25, 0.3) is 0 Å². The van der Waals surface area contributed by atoms with E-state index in [1.54, 1.807) is 0 Å². The van der Waals surface area contributed by atoms with E-state index < -0.39 is 0 Å². The first kappa shape index (κ1) is 12.5. The van der Waals surface area contributed by atoms with Gasteiger partial charge in [-0.15, -0.1) is 5.10 Å². The number of benzene rings is 1. The van der Waals surface area contributed by atoms with Crippen LogP contribution in [0.25, 0.3) is 11.3 Å². The summed E-state index contributed by atoms with van der Waals surface area (Å²) in [5.41, 5.74) is 2.96. The molecule has 1 heterocycles. The van der Waals surface area contributed by atoms with Crippen LogP contribution >= 0.6 is 11.5 Å². The average Bonchev–Trinajstić information content (AvgIpc) is 2.91. The number of nitrogens with one attached hydrogen (secondary N) is 2. The second-order valence-electron chi connectivity index (χ2n) is 3.70. The van der Waals surface area contributed by atoms with Crippen molar-refractivity contribution in [2.75, 3.05) is 6.54 Å². The van der Waals surface area contributed by atoms with Crippen molar-refractivity contribution >= 4 is 17.6 Å². The summed E-state index contributed by atoms with van der Waals surface area (Å²) in [5.74, 6) is 0. The molecule has 2 N–H and O–H groups in total. The second kappa shape index (κ2) is 6.11. The van der Waals surface area contributed by atoms with Crippen LogP contribution in [0.15, 0.2) is 29.6 Å². The molecule has 0 unspecified atom stereocenters. The van der Waals surface area contributed by atoms with Crippen molar-refractivity contribution in [3.05, 3.63) is 35.2 Å². The van der Waals surface area contributed by atoms with Crippen molar-refractivity contribution in [2.45, 2.75) is 13.5 Å². The van der Waals surface area contributed by atoms with Gasteiger partial charge in [0.05, 0.1) is 0 Å². The Balaban J connectivity index is 1.94. The number of amides is 2. The van der Waals surface area contributed by atoms with E-state index in [0.717, 1.165) is 16.8 Å². The Kier molecular flexibility index (Phi) is 4.25. The van der Waals surface area contributed by atoms with E-state index in [2.05, 4.69) is 20.2 Å². The first-order valence-electron chi connectivity index (χ1n) is 5.67. The first-order valence-corrected chi connectivity index (χ1v) is 6.51. The fourth-order valence-corrected chi connectivity index (χ4v) is 1.95. The highest BCUT2D eigenvalue weighted by Gasteiger charge is 2.02. The zero-order valence-corrected chi connectivity index (χ0v) is 10.8. The molecule has 5 nitrogen and oxygen atoms in total. The molecule has 2 aromatic rings. The Bertz CT molecular complexity index is 495. The van der Waals surface area contributed by atoms with Gasteiger partial charge in [-0.3, -0.25) is 0 Å². The van der Waals surface area contributed by atoms with Gasteiger partial charge in [-0.25, -0.2) is 4.79 Å². The summed E-state index contributed by atoms with van der Waals surface area (Å²) >= 11 is 1.33. The summed E-state index contributed by atoms with van der Waals surface area (Å²) in [7, 11) is 0. The molecule has 94 valence electrons. The predicted molar refractivity (Wildman–Crippen MR) is 71.3 cm³/mol. The molecular weight excluding hydrogens is 248 g/mol. The van der Waals surface area contributed by atoms with Gasteiger partial charge in [0.15, 0.2) is 0 Å². The molecule has 0 saturated heterocycles. The Morgan fingerprint density at radius 2 is 2.06 bits per heavy atom. The average molecular weight is 262 g/mol. The lowest BCUT2D eigenvalue weighted by Crippen LogP contribution is -2.34. The van der Waals surface area contributed by atoms with E-state index in [4.69, 9.17) is 0 Å². The van der Waals surface area contributed by atoms with Crippen LogP contribution in [0, 0.1) is 0 Å². The number of rotatable bonds is 4. The summed E-state index contributed by atoms with van der Waals surface area (Å²) in [6.07, 6.45) is 0. The van der Waals surface area contributed by atoms with Crippen LogP contribution in [0.2, 0.25) is 0 Å². The zero-order chi connectivity index (χ0) is 12.8. The highest BCUT2D eigenvalue weighted by atomic mass is 32.1. The van der Waals surface area contributed by atoms with Gasteiger partial charge in [0.1, 0.15) is 5.69 Å². The number of aromatic nitrogens is 2. The molecule has 0 atom stereocenters. The number of hydrogen-bond donors (Lipinski definition) is 2. The van der Waals surface area contributed by atoms with E-state index >= 15 is 0 Å². The van der Waals surface area contributed by atoms with Crippen LogP contribution in [0.1, 0.15) is 12.5 Å². The number of urea groups is 1. The molecule has 0 spiro atoms. The van der Waals surface area contributed by atoms with Gasteiger partial charge >= 0.3 is 6.03 Å². The van der Waals surface area contributed by atoms with Crippen LogP contribution in [0.4, 0.5) is 4.79 Å². The van der Waals surface area contributed by atoms with Crippen LogP contribution in [-0.4, -0.2) is 22.2 Å². The van der Waals surface area contributed by atoms with Gasteiger partial charge < -0.3 is 10.6 Å². The molecule has 0 radical (unpaired) electrons. The maximum absolute atomic E-state index is 11.2. The maximum atomic E-state index is 11.2. The molecule has 0 saturated carbocycles. The summed E-state index contributed by atoms with van der Waals surface area (Å²) < 4.78 is 3.83. The molecule has 2 amide bonds. The maximum Gasteiger partial charge on any atom is 0.315 e. The SMILES string of the molecule is CCNC(=O)NCc1ccc(-c2csnn2)cc1. The molecule has 0 aliphatic carbocycles. The van der Waals surface area contributed by atoms with Crippen molar-refractivity contribution in [3.8, 4) is 11.3 Å². The summed E-state index contributed by atoms with van der Waals surface area (Å²) in [4.78, 5) is 11.2. The lowest BCUT2D eigenvalue weighted by atomic mass is 10.1. The quantitative estimate of drug-likeness (QED) is 0.886. The molecule has 0 aliphatic rings. The Labute approximate surface area is 109 Å². The topological polar surface area (TPSA) is 66.9 Å². The molecule has 6 heteroatoms. The van der Waals surface area contributed by atoms with Crippen molar-refractivity contribution in [2.24, 2.45) is 0 Å². The normalized spacial score (nSPS) is 10.1. The summed E-state index contributed by atoms with van der Waals surface area (Å²) in [6.45, 7) is 3.03. The highest BCUT2D eigenvalue weighted by Crippen LogP contribution is 2.17. The first-order chi connectivity index (χ1) is 8.79. The minimum Gasteiger partial charge on any atom is -0.338 e. The van der Waals surface area contributed by atoms with E-state index in [9.17, 15) is 4.79 Å². The van der Waals surface area contributed by atoms with E-state index in [1.807, 2.05) is 36.6 Å². The van der Waals surface area contributed by atoms with Gasteiger partial charge in [-0.2, -0.15) is 0 Å². The smallest absolute Gasteiger partial charge is 0.315 e. The van der Waals surface area contributed by atoms with Gasteiger partial charge in [-0.05, 0) is 24.0 Å². The predicted octanol–water partition coefficient (Wildman–Crippen LogP) is 2.02. The third-order valence-electron chi connectivity index (χ3n) is 2.40. The zero-order valence-electron chi connectivity index (χ0n) is 10.0. The molecular formula is C12H14N4OS. The number of carbonyl (C=O) groups excluding carboxylic acids is 1. The number of hydrogen-bond acceptors (Lipinski definition) is 4. The molecule has 0 aliphatic heterocycles. The van der Waals surface area contributed by atoms with Crippen LogP contribution in [-0.2, 0) is 6.54 Å².